The molecule has 0 N–H and O–H groups in total. The summed E-state index contributed by atoms with van der Waals surface area (Å²) in [6.07, 6.45) is 2.06. The fourth-order valence-electron chi connectivity index (χ4n) is 5.14. The number of rotatable bonds is 4. The number of ketones is 1. The highest BCUT2D eigenvalue weighted by atomic mass is 16.7. The van der Waals surface area contributed by atoms with Crippen LogP contribution in [0.2, 0.25) is 0 Å². The van der Waals surface area contributed by atoms with Crippen LogP contribution < -0.4 is 23.5 Å². The minimum atomic E-state index is 0.0559. The molecule has 0 fully saturated rings. The monoisotopic (exact) mass is 430 g/mol. The third kappa shape index (κ3) is 2.58. The van der Waals surface area contributed by atoms with Gasteiger partial charge < -0.3 is 18.9 Å². The van der Waals surface area contributed by atoms with Crippen LogP contribution >= 0.6 is 0 Å². The molecule has 0 bridgehead atoms. The van der Waals surface area contributed by atoms with Crippen LogP contribution in [0.5, 0.6) is 23.0 Å². The summed E-state index contributed by atoms with van der Waals surface area (Å²) in [7, 11) is 0. The minimum absolute atomic E-state index is 0.0559. The molecule has 6 heteroatoms. The van der Waals surface area contributed by atoms with Crippen molar-refractivity contribution >= 4 is 22.1 Å². The molecule has 6 rings (SSSR count). The van der Waals surface area contributed by atoms with E-state index in [4.69, 9.17) is 18.9 Å². The van der Waals surface area contributed by atoms with Crippen molar-refractivity contribution < 1.29 is 28.3 Å². The van der Waals surface area contributed by atoms with E-state index in [1.54, 1.807) is 0 Å². The Morgan fingerprint density at radius 1 is 1.06 bits per heavy atom. The molecular formula is C26H24NO5+. The average molecular weight is 430 g/mol. The van der Waals surface area contributed by atoms with E-state index in [1.807, 2.05) is 13.0 Å². The van der Waals surface area contributed by atoms with Crippen molar-refractivity contribution in [3.8, 4) is 34.3 Å². The Morgan fingerprint density at radius 2 is 1.81 bits per heavy atom. The Kier molecular flexibility index (Phi) is 4.18. The summed E-state index contributed by atoms with van der Waals surface area (Å²) in [4.78, 5) is 13.0. The first-order valence-electron chi connectivity index (χ1n) is 11.0. The van der Waals surface area contributed by atoms with E-state index < -0.39 is 0 Å². The lowest BCUT2D eigenvalue weighted by Gasteiger charge is -2.22. The van der Waals surface area contributed by atoms with Gasteiger partial charge in [0.25, 0.3) is 0 Å². The predicted molar refractivity (Wildman–Crippen MR) is 119 cm³/mol. The molecular weight excluding hydrogens is 406 g/mol. The molecule has 1 aromatic heterocycles. The number of fused-ring (bicyclic) bond motifs is 7. The molecule has 0 unspecified atom stereocenters. The van der Waals surface area contributed by atoms with E-state index in [0.29, 0.717) is 23.5 Å². The zero-order valence-electron chi connectivity index (χ0n) is 18.2. The van der Waals surface area contributed by atoms with Crippen LogP contribution in [-0.4, -0.2) is 19.4 Å². The first-order valence-corrected chi connectivity index (χ1v) is 11.0. The van der Waals surface area contributed by atoms with Gasteiger partial charge in [0.1, 0.15) is 5.39 Å². The molecule has 0 atom stereocenters. The molecule has 0 spiro atoms. The summed E-state index contributed by atoms with van der Waals surface area (Å²) in [6.45, 7) is 9.54. The molecule has 3 aliphatic rings. The Morgan fingerprint density at radius 3 is 2.62 bits per heavy atom. The third-order valence-corrected chi connectivity index (χ3v) is 6.63. The molecule has 0 radical (unpaired) electrons. The Balaban J connectivity index is 1.70. The van der Waals surface area contributed by atoms with Crippen LogP contribution in [0.1, 0.15) is 36.6 Å². The van der Waals surface area contributed by atoms with E-state index >= 15 is 0 Å². The van der Waals surface area contributed by atoms with E-state index in [9.17, 15) is 4.79 Å². The van der Waals surface area contributed by atoms with Crippen molar-refractivity contribution in [3.05, 3.63) is 47.7 Å². The first-order chi connectivity index (χ1) is 15.6. The van der Waals surface area contributed by atoms with Crippen molar-refractivity contribution in [1.82, 2.24) is 0 Å². The smallest absolute Gasteiger partial charge is 0.231 e. The number of aromatic nitrogens is 1. The Hall–Kier alpha value is -3.54. The molecule has 6 nitrogen and oxygen atoms in total. The molecule has 162 valence electrons. The topological polar surface area (TPSA) is 57.9 Å². The second-order valence-corrected chi connectivity index (χ2v) is 8.46. The fourth-order valence-corrected chi connectivity index (χ4v) is 5.14. The van der Waals surface area contributed by atoms with Gasteiger partial charge in [0.15, 0.2) is 35.3 Å². The van der Waals surface area contributed by atoms with Crippen LogP contribution in [0.3, 0.4) is 0 Å². The number of allylic oxidation sites excluding steroid dienone is 1. The highest BCUT2D eigenvalue weighted by molar-refractivity contribution is 6.22. The van der Waals surface area contributed by atoms with Crippen LogP contribution in [0.4, 0.5) is 0 Å². The highest BCUT2D eigenvalue weighted by Crippen LogP contribution is 2.46. The average Bonchev–Trinajstić information content (AvgIpc) is 3.46. The van der Waals surface area contributed by atoms with Crippen molar-refractivity contribution in [2.24, 2.45) is 0 Å². The normalized spacial score (nSPS) is 14.9. The van der Waals surface area contributed by atoms with Gasteiger partial charge in [-0.05, 0) is 43.2 Å². The van der Waals surface area contributed by atoms with Crippen LogP contribution in [0, 0.1) is 6.92 Å². The SMILES string of the molecule is C=C(C(=O)CCC)c1c2c3c(ccc2c(C)c2[n+]1CCc1cc4c(cc1-2)OCO4)OCO3. The Labute approximate surface area is 186 Å². The molecule has 3 aromatic rings. The summed E-state index contributed by atoms with van der Waals surface area (Å²) in [6, 6.07) is 8.15. The van der Waals surface area contributed by atoms with Crippen molar-refractivity contribution in [2.45, 2.75) is 39.7 Å². The summed E-state index contributed by atoms with van der Waals surface area (Å²) in [5.41, 5.74) is 5.87. The van der Waals surface area contributed by atoms with Crippen LogP contribution in [0.15, 0.2) is 30.8 Å². The van der Waals surface area contributed by atoms with E-state index in [-0.39, 0.29) is 19.4 Å². The predicted octanol–water partition coefficient (Wildman–Crippen LogP) is 4.50. The second kappa shape index (κ2) is 6.99. The number of benzene rings is 2. The van der Waals surface area contributed by atoms with Gasteiger partial charge in [-0.3, -0.25) is 4.79 Å². The summed E-state index contributed by atoms with van der Waals surface area (Å²) >= 11 is 0. The van der Waals surface area contributed by atoms with Crippen LogP contribution in [0.25, 0.3) is 27.6 Å². The van der Waals surface area contributed by atoms with E-state index in [1.165, 1.54) is 5.56 Å². The third-order valence-electron chi connectivity index (χ3n) is 6.63. The number of pyridine rings is 1. The number of Topliss-reactive ketones (excluding diaryl/α,β-unsaturated/α-hetero) is 1. The van der Waals surface area contributed by atoms with Gasteiger partial charge in [-0.15, -0.1) is 0 Å². The molecule has 4 heterocycles. The van der Waals surface area contributed by atoms with Crippen molar-refractivity contribution in [2.75, 3.05) is 13.6 Å². The van der Waals surface area contributed by atoms with Crippen molar-refractivity contribution in [1.29, 1.82) is 0 Å². The minimum Gasteiger partial charge on any atom is -0.454 e. The number of hydrogen-bond donors (Lipinski definition) is 0. The van der Waals surface area contributed by atoms with E-state index in [2.05, 4.69) is 36.3 Å². The van der Waals surface area contributed by atoms with E-state index in [0.717, 1.165) is 64.2 Å². The highest BCUT2D eigenvalue weighted by Gasteiger charge is 2.37. The van der Waals surface area contributed by atoms with Gasteiger partial charge in [0.05, 0.1) is 11.1 Å². The summed E-state index contributed by atoms with van der Waals surface area (Å²) in [5, 5.41) is 1.94. The lowest BCUT2D eigenvalue weighted by molar-refractivity contribution is -0.688. The first kappa shape index (κ1) is 19.2. The maximum atomic E-state index is 13.0. The standard InChI is InChI=1S/C26H24NO5/c1-4-5-19(28)15(3)25-23-17(6-7-20-26(23)32-13-29-20)14(2)24-18-11-22-21(30-12-31-22)10-16(18)8-9-27(24)25/h6-7,10-11H,3-5,8-9,12-13H2,1-2H3/q+1. The molecule has 0 amide bonds. The quantitative estimate of drug-likeness (QED) is 0.451. The number of nitrogens with zero attached hydrogens (tertiary/aromatic N) is 1. The number of aryl methyl sites for hydroxylation is 2. The maximum Gasteiger partial charge on any atom is 0.231 e. The number of carbonyl (C=O) groups excluding carboxylic acids is 1. The molecule has 32 heavy (non-hydrogen) atoms. The lowest BCUT2D eigenvalue weighted by atomic mass is 9.88. The zero-order chi connectivity index (χ0) is 22.0. The molecule has 0 saturated carbocycles. The van der Waals surface area contributed by atoms with Crippen LogP contribution in [-0.2, 0) is 17.8 Å². The van der Waals surface area contributed by atoms with Crippen molar-refractivity contribution in [3.63, 3.8) is 0 Å². The lowest BCUT2D eigenvalue weighted by Crippen LogP contribution is -2.45. The largest absolute Gasteiger partial charge is 0.454 e. The van der Waals surface area contributed by atoms with Gasteiger partial charge in [-0.25, -0.2) is 0 Å². The molecule has 3 aliphatic heterocycles. The maximum absolute atomic E-state index is 13.0. The van der Waals surface area contributed by atoms with Gasteiger partial charge >= 0.3 is 0 Å². The summed E-state index contributed by atoms with van der Waals surface area (Å²) in [5.74, 6) is 3.00. The van der Waals surface area contributed by atoms with Gasteiger partial charge in [-0.1, -0.05) is 13.5 Å². The number of carbonyl (C=O) groups is 1. The number of hydrogen-bond acceptors (Lipinski definition) is 5. The summed E-state index contributed by atoms with van der Waals surface area (Å²) < 4.78 is 25.1. The molecule has 0 aliphatic carbocycles. The fraction of sp³-hybridized carbons (Fsp3) is 0.308. The molecule has 0 saturated heterocycles. The van der Waals surface area contributed by atoms with Gasteiger partial charge in [0, 0.05) is 23.8 Å². The van der Waals surface area contributed by atoms with Gasteiger partial charge in [0.2, 0.25) is 25.0 Å². The second-order valence-electron chi connectivity index (χ2n) is 8.46. The van der Waals surface area contributed by atoms with Gasteiger partial charge in [-0.2, -0.15) is 4.57 Å². The zero-order valence-corrected chi connectivity index (χ0v) is 18.2. The number of ether oxygens (including phenoxy) is 4. The Bertz CT molecular complexity index is 1340. The molecule has 2 aromatic carbocycles.